The van der Waals surface area contributed by atoms with Crippen molar-refractivity contribution in [3.05, 3.63) is 28.2 Å². The van der Waals surface area contributed by atoms with Crippen molar-refractivity contribution >= 4 is 27.5 Å². The van der Waals surface area contributed by atoms with Crippen LogP contribution in [0.4, 0.5) is 5.69 Å². The maximum Gasteiger partial charge on any atom is 0.279 e. The van der Waals surface area contributed by atoms with E-state index < -0.39 is 0 Å². The predicted octanol–water partition coefficient (Wildman–Crippen LogP) is 0.611. The molecule has 1 aliphatic heterocycles. The van der Waals surface area contributed by atoms with Gasteiger partial charge in [0.1, 0.15) is 13.1 Å². The highest BCUT2D eigenvalue weighted by atomic mass is 79.9. The van der Waals surface area contributed by atoms with Crippen LogP contribution in [-0.2, 0) is 9.53 Å². The van der Waals surface area contributed by atoms with Gasteiger partial charge in [-0.2, -0.15) is 0 Å². The normalized spacial score (nSPS) is 16.6. The zero-order chi connectivity index (χ0) is 13.0. The van der Waals surface area contributed by atoms with Crippen LogP contribution in [0.5, 0.6) is 0 Å². The lowest BCUT2D eigenvalue weighted by Crippen LogP contribution is -3.15. The number of hydrogen-bond donors (Lipinski definition) is 2. The lowest BCUT2D eigenvalue weighted by Gasteiger charge is -2.23. The number of carbonyl (C=O) groups excluding carboxylic acids is 1. The first-order valence-electron chi connectivity index (χ1n) is 6.12. The van der Waals surface area contributed by atoms with Crippen molar-refractivity contribution in [3.63, 3.8) is 0 Å². The molecule has 1 saturated heterocycles. The van der Waals surface area contributed by atoms with Crippen LogP contribution in [0.3, 0.4) is 0 Å². The summed E-state index contributed by atoms with van der Waals surface area (Å²) in [6.07, 6.45) is 0. The summed E-state index contributed by atoms with van der Waals surface area (Å²) in [5.74, 6) is 0.0670. The van der Waals surface area contributed by atoms with E-state index >= 15 is 0 Å². The number of morpholine rings is 1. The zero-order valence-corrected chi connectivity index (χ0v) is 12.0. The number of amides is 1. The molecule has 1 aromatic rings. The number of carbonyl (C=O) groups is 1. The van der Waals surface area contributed by atoms with E-state index in [0.29, 0.717) is 6.54 Å². The summed E-state index contributed by atoms with van der Waals surface area (Å²) in [4.78, 5) is 13.2. The number of rotatable bonds is 3. The molecule has 0 radical (unpaired) electrons. The van der Waals surface area contributed by atoms with Crippen molar-refractivity contribution in [2.45, 2.75) is 6.92 Å². The summed E-state index contributed by atoms with van der Waals surface area (Å²) >= 11 is 3.41. The van der Waals surface area contributed by atoms with E-state index in [1.54, 1.807) is 0 Å². The van der Waals surface area contributed by atoms with Gasteiger partial charge in [0.05, 0.1) is 13.2 Å². The molecule has 2 N–H and O–H groups in total. The van der Waals surface area contributed by atoms with E-state index in [9.17, 15) is 4.79 Å². The third kappa shape index (κ3) is 3.80. The molecule has 0 saturated carbocycles. The molecule has 4 nitrogen and oxygen atoms in total. The van der Waals surface area contributed by atoms with Gasteiger partial charge in [-0.1, -0.05) is 15.9 Å². The molecule has 0 spiro atoms. The molecule has 0 aromatic heterocycles. The Labute approximate surface area is 115 Å². The molecule has 1 aromatic carbocycles. The van der Waals surface area contributed by atoms with E-state index in [0.717, 1.165) is 42.0 Å². The quantitative estimate of drug-likeness (QED) is 0.859. The smallest absolute Gasteiger partial charge is 0.279 e. The molecule has 1 aliphatic rings. The predicted molar refractivity (Wildman–Crippen MR) is 73.9 cm³/mol. The minimum absolute atomic E-state index is 0.0670. The van der Waals surface area contributed by atoms with Gasteiger partial charge in [0.2, 0.25) is 0 Å². The van der Waals surface area contributed by atoms with E-state index in [1.165, 1.54) is 4.90 Å². The zero-order valence-electron chi connectivity index (χ0n) is 10.5. The van der Waals surface area contributed by atoms with Gasteiger partial charge in [-0.25, -0.2) is 0 Å². The highest BCUT2D eigenvalue weighted by molar-refractivity contribution is 9.10. The summed E-state index contributed by atoms with van der Waals surface area (Å²) in [5, 5.41) is 2.96. The second kappa shape index (κ2) is 6.31. The fourth-order valence-electron chi connectivity index (χ4n) is 2.03. The van der Waals surface area contributed by atoms with Gasteiger partial charge in [-0.05, 0) is 30.7 Å². The number of anilines is 1. The van der Waals surface area contributed by atoms with E-state index in [4.69, 9.17) is 4.74 Å². The first-order chi connectivity index (χ1) is 8.65. The van der Waals surface area contributed by atoms with Gasteiger partial charge < -0.3 is 15.0 Å². The van der Waals surface area contributed by atoms with Crippen molar-refractivity contribution in [2.24, 2.45) is 0 Å². The van der Waals surface area contributed by atoms with Crippen LogP contribution >= 0.6 is 15.9 Å². The van der Waals surface area contributed by atoms with Gasteiger partial charge in [0.25, 0.3) is 5.91 Å². The Balaban J connectivity index is 1.90. The summed E-state index contributed by atoms with van der Waals surface area (Å²) < 4.78 is 6.30. The average molecular weight is 314 g/mol. The molecule has 5 heteroatoms. The first kappa shape index (κ1) is 13.5. The largest absolute Gasteiger partial charge is 0.370 e. The number of halogens is 1. The fraction of sp³-hybridized carbons (Fsp3) is 0.462. The molecule has 1 fully saturated rings. The summed E-state index contributed by atoms with van der Waals surface area (Å²) in [5.41, 5.74) is 1.95. The van der Waals surface area contributed by atoms with Crippen molar-refractivity contribution in [1.82, 2.24) is 0 Å². The summed E-state index contributed by atoms with van der Waals surface area (Å²) in [6, 6.07) is 5.85. The van der Waals surface area contributed by atoms with Crippen LogP contribution in [0.1, 0.15) is 5.56 Å². The Morgan fingerprint density at radius 1 is 1.44 bits per heavy atom. The lowest BCUT2D eigenvalue weighted by molar-refractivity contribution is -0.899. The van der Waals surface area contributed by atoms with Crippen molar-refractivity contribution in [1.29, 1.82) is 0 Å². The van der Waals surface area contributed by atoms with E-state index in [2.05, 4.69) is 21.2 Å². The average Bonchev–Trinajstić information content (AvgIpc) is 2.34. The monoisotopic (exact) mass is 313 g/mol. The number of hydrogen-bond acceptors (Lipinski definition) is 2. The molecule has 0 aliphatic carbocycles. The maximum atomic E-state index is 11.9. The van der Waals surface area contributed by atoms with Gasteiger partial charge in [-0.3, -0.25) is 4.79 Å². The van der Waals surface area contributed by atoms with Gasteiger partial charge in [0.15, 0.2) is 6.54 Å². The van der Waals surface area contributed by atoms with Crippen molar-refractivity contribution < 1.29 is 14.4 Å². The lowest BCUT2D eigenvalue weighted by atomic mass is 10.2. The Kier molecular flexibility index (Phi) is 4.74. The number of aryl methyl sites for hydroxylation is 1. The second-order valence-corrected chi connectivity index (χ2v) is 5.46. The van der Waals surface area contributed by atoms with Gasteiger partial charge in [-0.15, -0.1) is 0 Å². The Hall–Kier alpha value is -0.910. The highest BCUT2D eigenvalue weighted by Gasteiger charge is 2.17. The number of quaternary nitrogens is 1. The van der Waals surface area contributed by atoms with E-state index in [1.807, 2.05) is 25.1 Å². The molecule has 98 valence electrons. The molecule has 0 atom stereocenters. The second-order valence-electron chi connectivity index (χ2n) is 4.55. The summed E-state index contributed by atoms with van der Waals surface area (Å²) in [7, 11) is 0. The molecular formula is C13H18BrN2O2+. The molecule has 0 unspecified atom stereocenters. The number of nitrogens with one attached hydrogen (secondary N) is 2. The van der Waals surface area contributed by atoms with Gasteiger partial charge >= 0.3 is 0 Å². The van der Waals surface area contributed by atoms with E-state index in [-0.39, 0.29) is 5.91 Å². The first-order valence-corrected chi connectivity index (χ1v) is 6.92. The number of ether oxygens (including phenoxy) is 1. The van der Waals surface area contributed by atoms with Crippen molar-refractivity contribution in [2.75, 3.05) is 38.2 Å². The van der Waals surface area contributed by atoms with Crippen LogP contribution in [0.25, 0.3) is 0 Å². The molecule has 1 amide bonds. The third-order valence-electron chi connectivity index (χ3n) is 3.07. The van der Waals surface area contributed by atoms with Crippen LogP contribution in [-0.4, -0.2) is 38.8 Å². The third-order valence-corrected chi connectivity index (χ3v) is 3.57. The Morgan fingerprint density at radius 2 is 2.17 bits per heavy atom. The van der Waals surface area contributed by atoms with Crippen LogP contribution in [0.15, 0.2) is 22.7 Å². The summed E-state index contributed by atoms with van der Waals surface area (Å²) in [6.45, 7) is 5.82. The molecule has 0 bridgehead atoms. The van der Waals surface area contributed by atoms with Crippen LogP contribution < -0.4 is 10.2 Å². The van der Waals surface area contributed by atoms with Crippen LogP contribution in [0.2, 0.25) is 0 Å². The Bertz CT molecular complexity index is 431. The highest BCUT2D eigenvalue weighted by Crippen LogP contribution is 2.19. The fourth-order valence-corrected chi connectivity index (χ4v) is 2.50. The molecule has 18 heavy (non-hydrogen) atoms. The minimum atomic E-state index is 0.0670. The van der Waals surface area contributed by atoms with Crippen LogP contribution in [0, 0.1) is 6.92 Å². The molecule has 2 rings (SSSR count). The maximum absolute atomic E-state index is 11.9. The molecular weight excluding hydrogens is 296 g/mol. The SMILES string of the molecule is Cc1cc(Br)ccc1NC(=O)C[NH+]1CCOCC1. The Morgan fingerprint density at radius 3 is 2.83 bits per heavy atom. The number of benzene rings is 1. The van der Waals surface area contributed by atoms with Crippen molar-refractivity contribution in [3.8, 4) is 0 Å². The molecule has 1 heterocycles. The minimum Gasteiger partial charge on any atom is -0.370 e. The topological polar surface area (TPSA) is 42.8 Å². The van der Waals surface area contributed by atoms with Gasteiger partial charge in [0, 0.05) is 10.2 Å². The standard InChI is InChI=1S/C13H17BrN2O2/c1-10-8-11(14)2-3-12(10)15-13(17)9-16-4-6-18-7-5-16/h2-3,8H,4-7,9H2,1H3,(H,15,17)/p+1.